The largest absolute Gasteiger partial charge is 0.465 e. The number of carbonyl (C=O) groups is 1. The maximum absolute atomic E-state index is 12.8. The second kappa shape index (κ2) is 3.79. The molecule has 0 bridgehead atoms. The molecule has 5 heteroatoms. The minimum Gasteiger partial charge on any atom is -0.465 e. The summed E-state index contributed by atoms with van der Waals surface area (Å²) in [6.07, 6.45) is 0. The van der Waals surface area contributed by atoms with Crippen molar-refractivity contribution in [1.82, 2.24) is 0 Å². The smallest absolute Gasteiger partial charge is 0.339 e. The summed E-state index contributed by atoms with van der Waals surface area (Å²) in [5.41, 5.74) is -0.0760. The average Bonchev–Trinajstić information content (AvgIpc) is 2.10. The number of carbonyl (C=O) groups excluding carboxylic acids is 1. The van der Waals surface area contributed by atoms with Crippen LogP contribution in [0.15, 0.2) is 12.1 Å². The third-order valence-electron chi connectivity index (χ3n) is 1.49. The maximum atomic E-state index is 12.8. The molecule has 1 aromatic carbocycles. The van der Waals surface area contributed by atoms with E-state index < -0.39 is 11.8 Å². The van der Waals surface area contributed by atoms with Gasteiger partial charge in [0.2, 0.25) is 0 Å². The van der Waals surface area contributed by atoms with Crippen LogP contribution in [-0.2, 0) is 4.74 Å². The molecule has 0 spiro atoms. The lowest BCUT2D eigenvalue weighted by Crippen LogP contribution is -2.13. The van der Waals surface area contributed by atoms with Crippen LogP contribution in [0.5, 0.6) is 0 Å². The second-order valence-electron chi connectivity index (χ2n) is 2.35. The van der Waals surface area contributed by atoms with Gasteiger partial charge in [0, 0.05) is 0 Å². The number of methoxy groups -OCH3 is 1. The van der Waals surface area contributed by atoms with Gasteiger partial charge in [0.15, 0.2) is 0 Å². The van der Waals surface area contributed by atoms with Gasteiger partial charge in [-0.15, -0.1) is 0 Å². The van der Waals surface area contributed by atoms with Crippen molar-refractivity contribution in [3.05, 3.63) is 28.5 Å². The number of rotatable bonds is 1. The Morgan fingerprint density at radius 3 is 2.77 bits per heavy atom. The van der Waals surface area contributed by atoms with Crippen LogP contribution in [0.2, 0.25) is 5.02 Å². The zero-order chi connectivity index (χ0) is 10.0. The number of benzene rings is 1. The predicted octanol–water partition coefficient (Wildman–Crippen LogP) is 1.06. The first-order chi connectivity index (χ1) is 6.06. The molecular weight excluding hydrogens is 193 g/mol. The highest BCUT2D eigenvalue weighted by atomic mass is 35.5. The lowest BCUT2D eigenvalue weighted by atomic mass is 9.93. The van der Waals surface area contributed by atoms with Gasteiger partial charge < -0.3 is 4.74 Å². The molecule has 0 N–H and O–H groups in total. The summed E-state index contributed by atoms with van der Waals surface area (Å²) in [4.78, 5) is 11.0. The maximum Gasteiger partial charge on any atom is 0.339 e. The van der Waals surface area contributed by atoms with E-state index in [1.165, 1.54) is 7.11 Å². The number of hydrogen-bond donors (Lipinski definition) is 0. The first-order valence-corrected chi connectivity index (χ1v) is 3.77. The molecule has 0 aromatic heterocycles. The molecule has 2 radical (unpaired) electrons. The second-order valence-corrected chi connectivity index (χ2v) is 2.75. The third kappa shape index (κ3) is 2.01. The Labute approximate surface area is 81.1 Å². The van der Waals surface area contributed by atoms with Crippen molar-refractivity contribution in [2.24, 2.45) is 0 Å². The molecule has 0 aliphatic heterocycles. The van der Waals surface area contributed by atoms with E-state index in [-0.39, 0.29) is 16.0 Å². The zero-order valence-corrected chi connectivity index (χ0v) is 7.56. The van der Waals surface area contributed by atoms with Gasteiger partial charge in [-0.2, -0.15) is 0 Å². The van der Waals surface area contributed by atoms with Crippen molar-refractivity contribution >= 4 is 30.9 Å². The highest BCUT2D eigenvalue weighted by Gasteiger charge is 2.12. The van der Waals surface area contributed by atoms with Gasteiger partial charge in [-0.25, -0.2) is 9.18 Å². The molecule has 0 fully saturated rings. The fourth-order valence-electron chi connectivity index (χ4n) is 0.832. The normalized spacial score (nSPS) is 9.77. The summed E-state index contributed by atoms with van der Waals surface area (Å²) in [6, 6.07) is 2.12. The van der Waals surface area contributed by atoms with E-state index in [2.05, 4.69) is 4.74 Å². The first kappa shape index (κ1) is 10.1. The Bertz CT molecular complexity index is 354. The average molecular weight is 198 g/mol. The molecule has 0 unspecified atom stereocenters. The summed E-state index contributed by atoms with van der Waals surface area (Å²) >= 11 is 5.58. The molecule has 0 atom stereocenters. The van der Waals surface area contributed by atoms with E-state index in [1.807, 2.05) is 0 Å². The number of halogens is 2. The van der Waals surface area contributed by atoms with Crippen LogP contribution in [0.4, 0.5) is 4.39 Å². The highest BCUT2D eigenvalue weighted by Crippen LogP contribution is 2.16. The Hall–Kier alpha value is -1.03. The van der Waals surface area contributed by atoms with Gasteiger partial charge >= 0.3 is 5.97 Å². The summed E-state index contributed by atoms with van der Waals surface area (Å²) < 4.78 is 17.2. The van der Waals surface area contributed by atoms with E-state index in [4.69, 9.17) is 19.4 Å². The first-order valence-electron chi connectivity index (χ1n) is 3.39. The fraction of sp³-hybridized carbons (Fsp3) is 0.125. The summed E-state index contributed by atoms with van der Waals surface area (Å²) in [6.45, 7) is 0. The molecule has 0 saturated carbocycles. The van der Waals surface area contributed by atoms with Gasteiger partial charge in [-0.05, 0) is 6.07 Å². The van der Waals surface area contributed by atoms with Crippen LogP contribution in [0, 0.1) is 5.82 Å². The molecular formula is C8H5BClFO2. The monoisotopic (exact) mass is 198 g/mol. The molecule has 66 valence electrons. The molecule has 0 saturated heterocycles. The molecule has 2 nitrogen and oxygen atoms in total. The number of hydrogen-bond acceptors (Lipinski definition) is 2. The van der Waals surface area contributed by atoms with Crippen LogP contribution in [-0.4, -0.2) is 20.9 Å². The van der Waals surface area contributed by atoms with Crippen LogP contribution >= 0.6 is 11.6 Å². The van der Waals surface area contributed by atoms with Crippen LogP contribution in [0.25, 0.3) is 0 Å². The van der Waals surface area contributed by atoms with Crippen molar-refractivity contribution < 1.29 is 13.9 Å². The molecule has 0 aliphatic rings. The van der Waals surface area contributed by atoms with Crippen LogP contribution in [0.1, 0.15) is 10.4 Å². The minimum absolute atomic E-state index is 0.0152. The predicted molar refractivity (Wildman–Crippen MR) is 48.1 cm³/mol. The van der Waals surface area contributed by atoms with Crippen LogP contribution < -0.4 is 5.46 Å². The van der Waals surface area contributed by atoms with E-state index in [1.54, 1.807) is 0 Å². The number of esters is 1. The molecule has 0 aliphatic carbocycles. The quantitative estimate of drug-likeness (QED) is 0.498. The lowest BCUT2D eigenvalue weighted by molar-refractivity contribution is 0.0601. The Kier molecular flexibility index (Phi) is 2.93. The Balaban J connectivity index is 3.23. The van der Waals surface area contributed by atoms with Crippen molar-refractivity contribution in [3.8, 4) is 0 Å². The van der Waals surface area contributed by atoms with Crippen molar-refractivity contribution in [1.29, 1.82) is 0 Å². The number of ether oxygens (including phenoxy) is 1. The summed E-state index contributed by atoms with van der Waals surface area (Å²) in [7, 11) is 6.45. The van der Waals surface area contributed by atoms with Gasteiger partial charge in [-0.1, -0.05) is 23.1 Å². The SMILES string of the molecule is [B]c1cc(C(=O)OC)c(Cl)cc1F. The van der Waals surface area contributed by atoms with E-state index in [0.29, 0.717) is 0 Å². The fourth-order valence-corrected chi connectivity index (χ4v) is 1.06. The summed E-state index contributed by atoms with van der Waals surface area (Å²) in [5.74, 6) is -1.30. The topological polar surface area (TPSA) is 26.3 Å². The molecule has 0 heterocycles. The third-order valence-corrected chi connectivity index (χ3v) is 1.80. The van der Waals surface area contributed by atoms with Crippen molar-refractivity contribution in [3.63, 3.8) is 0 Å². The Morgan fingerprint density at radius 1 is 1.62 bits per heavy atom. The van der Waals surface area contributed by atoms with E-state index in [9.17, 15) is 9.18 Å². The van der Waals surface area contributed by atoms with E-state index in [0.717, 1.165) is 12.1 Å². The van der Waals surface area contributed by atoms with Crippen molar-refractivity contribution in [2.45, 2.75) is 0 Å². The molecule has 13 heavy (non-hydrogen) atoms. The zero-order valence-electron chi connectivity index (χ0n) is 6.80. The highest BCUT2D eigenvalue weighted by molar-refractivity contribution is 6.36. The Morgan fingerprint density at radius 2 is 2.23 bits per heavy atom. The lowest BCUT2D eigenvalue weighted by Gasteiger charge is -2.04. The van der Waals surface area contributed by atoms with Crippen molar-refractivity contribution in [2.75, 3.05) is 7.11 Å². The van der Waals surface area contributed by atoms with Gasteiger partial charge in [0.1, 0.15) is 13.7 Å². The van der Waals surface area contributed by atoms with E-state index >= 15 is 0 Å². The summed E-state index contributed by atoms with van der Waals surface area (Å²) in [5, 5.41) is -0.0152. The molecule has 1 aromatic rings. The minimum atomic E-state index is -0.655. The van der Waals surface area contributed by atoms with Gasteiger partial charge in [-0.3, -0.25) is 0 Å². The standard InChI is InChI=1S/C8H5BClFO2/c1-13-8(12)4-2-5(9)7(11)3-6(4)10/h2-3H,1H3. The van der Waals surface area contributed by atoms with Gasteiger partial charge in [0.05, 0.1) is 17.7 Å². The van der Waals surface area contributed by atoms with Gasteiger partial charge in [0.25, 0.3) is 0 Å². The molecule has 1 rings (SSSR count). The molecule has 0 amide bonds. The van der Waals surface area contributed by atoms with Crippen LogP contribution in [0.3, 0.4) is 0 Å².